The number of para-hydroxylation sites is 1. The third-order valence-electron chi connectivity index (χ3n) is 4.00. The zero-order valence-electron chi connectivity index (χ0n) is 14.3. The summed E-state index contributed by atoms with van der Waals surface area (Å²) in [5, 5.41) is 16.5. The third-order valence-corrected chi connectivity index (χ3v) is 4.39. The predicted molar refractivity (Wildman–Crippen MR) is 108 cm³/mol. The average molecular weight is 367 g/mol. The van der Waals surface area contributed by atoms with E-state index in [4.69, 9.17) is 11.6 Å². The van der Waals surface area contributed by atoms with Crippen molar-refractivity contribution in [3.8, 4) is 11.1 Å². The second kappa shape index (κ2) is 7.93. The lowest BCUT2D eigenvalue weighted by molar-refractivity contribution is 0.0698. The number of carbonyl (C=O) groups is 1. The number of aromatic carboxylic acids is 1. The predicted octanol–water partition coefficient (Wildman–Crippen LogP) is 5.88. The van der Waals surface area contributed by atoms with Gasteiger partial charge in [-0.05, 0) is 36.8 Å². The van der Waals surface area contributed by atoms with Crippen molar-refractivity contribution in [2.45, 2.75) is 6.92 Å². The van der Waals surface area contributed by atoms with Gasteiger partial charge in [0.05, 0.1) is 22.0 Å². The maximum absolute atomic E-state index is 11.5. The van der Waals surface area contributed by atoms with Crippen LogP contribution in [0.5, 0.6) is 0 Å². The number of carboxylic acids is 1. The molecule has 0 atom stereocenters. The molecule has 5 heteroatoms. The van der Waals surface area contributed by atoms with Crippen LogP contribution in [0.1, 0.15) is 17.3 Å². The van der Waals surface area contributed by atoms with Crippen molar-refractivity contribution < 1.29 is 9.90 Å². The van der Waals surface area contributed by atoms with Crippen molar-refractivity contribution in [2.24, 2.45) is 0 Å². The van der Waals surface area contributed by atoms with E-state index < -0.39 is 5.97 Å². The Labute approximate surface area is 157 Å². The molecule has 26 heavy (non-hydrogen) atoms. The van der Waals surface area contributed by atoms with Crippen LogP contribution >= 0.6 is 11.6 Å². The lowest BCUT2D eigenvalue weighted by Gasteiger charge is -2.18. The van der Waals surface area contributed by atoms with Crippen molar-refractivity contribution in [1.29, 1.82) is 0 Å². The minimum absolute atomic E-state index is 0.207. The topological polar surface area (TPSA) is 61.4 Å². The van der Waals surface area contributed by atoms with Gasteiger partial charge in [0.25, 0.3) is 0 Å². The number of rotatable bonds is 6. The van der Waals surface area contributed by atoms with E-state index in [2.05, 4.69) is 10.6 Å². The molecule has 0 saturated heterocycles. The van der Waals surface area contributed by atoms with Gasteiger partial charge in [-0.25, -0.2) is 4.79 Å². The minimum Gasteiger partial charge on any atom is -0.478 e. The van der Waals surface area contributed by atoms with Gasteiger partial charge >= 0.3 is 5.97 Å². The zero-order chi connectivity index (χ0) is 18.5. The molecule has 0 aromatic heterocycles. The third kappa shape index (κ3) is 3.65. The van der Waals surface area contributed by atoms with E-state index in [1.165, 1.54) is 0 Å². The Morgan fingerprint density at radius 2 is 1.58 bits per heavy atom. The summed E-state index contributed by atoms with van der Waals surface area (Å²) in [6.07, 6.45) is 0. The highest BCUT2D eigenvalue weighted by Crippen LogP contribution is 2.41. The normalized spacial score (nSPS) is 10.4. The lowest BCUT2D eigenvalue weighted by Crippen LogP contribution is -2.04. The van der Waals surface area contributed by atoms with Gasteiger partial charge in [-0.1, -0.05) is 54.1 Å². The van der Waals surface area contributed by atoms with Gasteiger partial charge < -0.3 is 15.7 Å². The van der Waals surface area contributed by atoms with Gasteiger partial charge in [0, 0.05) is 17.8 Å². The van der Waals surface area contributed by atoms with E-state index >= 15 is 0 Å². The molecule has 0 saturated carbocycles. The number of halogens is 1. The molecule has 0 amide bonds. The Kier molecular flexibility index (Phi) is 5.44. The van der Waals surface area contributed by atoms with E-state index in [9.17, 15) is 9.90 Å². The van der Waals surface area contributed by atoms with Crippen molar-refractivity contribution >= 4 is 34.6 Å². The molecule has 0 radical (unpaired) electrons. The van der Waals surface area contributed by atoms with Crippen LogP contribution in [0.4, 0.5) is 17.1 Å². The molecule has 132 valence electrons. The van der Waals surface area contributed by atoms with Gasteiger partial charge in [0.15, 0.2) is 0 Å². The molecule has 0 aliphatic rings. The average Bonchev–Trinajstić information content (AvgIpc) is 2.65. The number of nitrogens with one attached hydrogen (secondary N) is 2. The molecule has 3 rings (SSSR count). The first-order valence-corrected chi connectivity index (χ1v) is 8.70. The quantitative estimate of drug-likeness (QED) is 0.509. The fourth-order valence-electron chi connectivity index (χ4n) is 2.82. The fraction of sp³-hybridized carbons (Fsp3) is 0.0952. The van der Waals surface area contributed by atoms with Crippen LogP contribution < -0.4 is 10.6 Å². The Balaban J connectivity index is 2.13. The first-order valence-electron chi connectivity index (χ1n) is 8.33. The molecule has 4 nitrogen and oxygen atoms in total. The molecule has 0 fully saturated rings. The summed E-state index contributed by atoms with van der Waals surface area (Å²) in [6, 6.07) is 20.4. The Morgan fingerprint density at radius 1 is 0.923 bits per heavy atom. The van der Waals surface area contributed by atoms with Crippen molar-refractivity contribution in [2.75, 3.05) is 17.2 Å². The number of hydrogen-bond acceptors (Lipinski definition) is 3. The second-order valence-electron chi connectivity index (χ2n) is 5.72. The zero-order valence-corrected chi connectivity index (χ0v) is 15.0. The number of anilines is 3. The summed E-state index contributed by atoms with van der Waals surface area (Å²) in [5.41, 5.74) is 4.09. The summed E-state index contributed by atoms with van der Waals surface area (Å²) in [5.74, 6) is -0.982. The largest absolute Gasteiger partial charge is 0.478 e. The molecule has 0 bridgehead atoms. The number of carboxylic acid groups (broad SMARTS) is 1. The van der Waals surface area contributed by atoms with E-state index in [0.717, 1.165) is 29.0 Å². The first-order chi connectivity index (χ1) is 12.6. The van der Waals surface area contributed by atoms with Crippen LogP contribution in [0.15, 0.2) is 66.7 Å². The number of hydrogen-bond donors (Lipinski definition) is 3. The Morgan fingerprint density at radius 3 is 2.27 bits per heavy atom. The van der Waals surface area contributed by atoms with Gasteiger partial charge in [0.1, 0.15) is 0 Å². The van der Waals surface area contributed by atoms with Crippen molar-refractivity contribution in [3.63, 3.8) is 0 Å². The smallest absolute Gasteiger partial charge is 0.337 e. The lowest BCUT2D eigenvalue weighted by atomic mass is 10.0. The molecule has 3 aromatic carbocycles. The van der Waals surface area contributed by atoms with Crippen LogP contribution in [0.3, 0.4) is 0 Å². The molecule has 0 unspecified atom stereocenters. The minimum atomic E-state index is -0.982. The second-order valence-corrected chi connectivity index (χ2v) is 6.10. The molecule has 3 aromatic rings. The van der Waals surface area contributed by atoms with Crippen LogP contribution in [-0.2, 0) is 0 Å². The van der Waals surface area contributed by atoms with Crippen LogP contribution in [0, 0.1) is 0 Å². The van der Waals surface area contributed by atoms with E-state index in [-0.39, 0.29) is 5.56 Å². The van der Waals surface area contributed by atoms with Crippen LogP contribution in [0.25, 0.3) is 11.1 Å². The molecular weight excluding hydrogens is 348 g/mol. The van der Waals surface area contributed by atoms with E-state index in [1.807, 2.05) is 49.4 Å². The summed E-state index contributed by atoms with van der Waals surface area (Å²) < 4.78 is 0. The van der Waals surface area contributed by atoms with E-state index in [1.54, 1.807) is 24.3 Å². The van der Waals surface area contributed by atoms with Gasteiger partial charge in [0.2, 0.25) is 0 Å². The summed E-state index contributed by atoms with van der Waals surface area (Å²) in [7, 11) is 0. The first kappa shape index (κ1) is 17.8. The highest BCUT2D eigenvalue weighted by atomic mass is 35.5. The van der Waals surface area contributed by atoms with Crippen LogP contribution in [0.2, 0.25) is 5.02 Å². The molecule has 3 N–H and O–H groups in total. The van der Waals surface area contributed by atoms with Gasteiger partial charge in [-0.3, -0.25) is 0 Å². The Hall–Kier alpha value is -2.98. The van der Waals surface area contributed by atoms with Gasteiger partial charge in [-0.15, -0.1) is 0 Å². The maximum Gasteiger partial charge on any atom is 0.337 e. The number of benzene rings is 3. The van der Waals surface area contributed by atoms with Crippen molar-refractivity contribution in [3.05, 3.63) is 77.3 Å². The molecular formula is C21H19ClN2O2. The molecule has 0 spiro atoms. The molecule has 0 heterocycles. The highest BCUT2D eigenvalue weighted by molar-refractivity contribution is 6.36. The summed E-state index contributed by atoms with van der Waals surface area (Å²) in [6.45, 7) is 2.76. The van der Waals surface area contributed by atoms with Gasteiger partial charge in [-0.2, -0.15) is 0 Å². The Bertz CT molecular complexity index is 927. The molecule has 0 aliphatic carbocycles. The van der Waals surface area contributed by atoms with Crippen molar-refractivity contribution in [1.82, 2.24) is 0 Å². The fourth-order valence-corrected chi connectivity index (χ4v) is 3.16. The SMILES string of the molecule is CCNc1ccc(Nc2ccccc2C(=O)O)c(-c2ccccc2)c1Cl. The van der Waals surface area contributed by atoms with E-state index in [0.29, 0.717) is 10.7 Å². The summed E-state index contributed by atoms with van der Waals surface area (Å²) >= 11 is 6.68. The standard InChI is InChI=1S/C21H19ClN2O2/c1-2-23-18-13-12-17(19(20(18)22)14-8-4-3-5-9-14)24-16-11-7-6-10-15(16)21(25)26/h3-13,23-24H,2H2,1H3,(H,25,26). The van der Waals surface area contributed by atoms with Crippen LogP contribution in [-0.4, -0.2) is 17.6 Å². The summed E-state index contributed by atoms with van der Waals surface area (Å²) in [4.78, 5) is 11.5. The maximum atomic E-state index is 11.5. The monoisotopic (exact) mass is 366 g/mol. The highest BCUT2D eigenvalue weighted by Gasteiger charge is 2.16. The molecule has 0 aliphatic heterocycles.